The second-order valence-corrected chi connectivity index (χ2v) is 6.76. The molecule has 2 aromatic rings. The third-order valence-electron chi connectivity index (χ3n) is 3.71. The van der Waals surface area contributed by atoms with Gasteiger partial charge in [-0.3, -0.25) is 10.2 Å². The highest BCUT2D eigenvalue weighted by molar-refractivity contribution is 7.15. The Labute approximate surface area is 137 Å². The fraction of sp³-hybridized carbons (Fsp3) is 0.400. The van der Waals surface area contributed by atoms with Gasteiger partial charge in [0.05, 0.1) is 12.0 Å². The van der Waals surface area contributed by atoms with Crippen molar-refractivity contribution in [1.82, 2.24) is 21.0 Å². The third kappa shape index (κ3) is 3.54. The second-order valence-electron chi connectivity index (χ2n) is 5.75. The Kier molecular flexibility index (Phi) is 4.65. The number of hydrogen-bond acceptors (Lipinski definition) is 6. The van der Waals surface area contributed by atoms with E-state index in [-0.39, 0.29) is 29.6 Å². The molecule has 0 aliphatic carbocycles. The predicted octanol–water partition coefficient (Wildman–Crippen LogP) is 2.20. The topological polar surface area (TPSA) is 78.9 Å². The molecule has 122 valence electrons. The highest BCUT2D eigenvalue weighted by Gasteiger charge is 2.34. The van der Waals surface area contributed by atoms with Crippen molar-refractivity contribution in [2.75, 3.05) is 11.9 Å². The molecular formula is C15H18FN5OS. The molecule has 1 aliphatic rings. The molecule has 2 atom stereocenters. The number of hydrogen-bond donors (Lipinski definition) is 3. The Balaban J connectivity index is 1.71. The van der Waals surface area contributed by atoms with Crippen LogP contribution in [0.25, 0.3) is 0 Å². The van der Waals surface area contributed by atoms with Crippen LogP contribution in [-0.2, 0) is 4.79 Å². The third-order valence-corrected chi connectivity index (χ3v) is 4.85. The molecule has 0 saturated carbocycles. The Bertz CT molecular complexity index is 687. The Morgan fingerprint density at radius 3 is 2.74 bits per heavy atom. The minimum absolute atomic E-state index is 0.136. The van der Waals surface area contributed by atoms with Crippen LogP contribution in [0.5, 0.6) is 0 Å². The SMILES string of the molecule is CC(C)c1nnc(NC(=O)C2CNNC2c2ccc(F)cc2)s1. The van der Waals surface area contributed by atoms with Gasteiger partial charge in [0, 0.05) is 12.5 Å². The van der Waals surface area contributed by atoms with E-state index >= 15 is 0 Å². The van der Waals surface area contributed by atoms with Gasteiger partial charge in [-0.1, -0.05) is 37.3 Å². The van der Waals surface area contributed by atoms with E-state index < -0.39 is 0 Å². The summed E-state index contributed by atoms with van der Waals surface area (Å²) in [6.07, 6.45) is 0. The van der Waals surface area contributed by atoms with Gasteiger partial charge in [0.15, 0.2) is 0 Å². The van der Waals surface area contributed by atoms with Crippen molar-refractivity contribution in [3.8, 4) is 0 Å². The first-order chi connectivity index (χ1) is 11.0. The van der Waals surface area contributed by atoms with Crippen LogP contribution in [0.3, 0.4) is 0 Å². The van der Waals surface area contributed by atoms with E-state index in [2.05, 4.69) is 26.4 Å². The van der Waals surface area contributed by atoms with Gasteiger partial charge in [-0.05, 0) is 17.7 Å². The van der Waals surface area contributed by atoms with Gasteiger partial charge in [-0.15, -0.1) is 10.2 Å². The summed E-state index contributed by atoms with van der Waals surface area (Å²) >= 11 is 1.38. The summed E-state index contributed by atoms with van der Waals surface area (Å²) in [5, 5.41) is 12.3. The smallest absolute Gasteiger partial charge is 0.232 e. The summed E-state index contributed by atoms with van der Waals surface area (Å²) in [6.45, 7) is 4.55. The van der Waals surface area contributed by atoms with Crippen LogP contribution in [-0.4, -0.2) is 22.6 Å². The first-order valence-corrected chi connectivity index (χ1v) is 8.24. The number of hydrazine groups is 1. The number of anilines is 1. The predicted molar refractivity (Wildman–Crippen MR) is 86.4 cm³/mol. The second kappa shape index (κ2) is 6.69. The quantitative estimate of drug-likeness (QED) is 0.798. The molecule has 3 rings (SSSR count). The van der Waals surface area contributed by atoms with Crippen molar-refractivity contribution in [2.24, 2.45) is 5.92 Å². The van der Waals surface area contributed by atoms with Crippen molar-refractivity contribution in [1.29, 1.82) is 0 Å². The number of amides is 1. The molecule has 23 heavy (non-hydrogen) atoms. The standard InChI is InChI=1S/C15H18FN5OS/c1-8(2)14-20-21-15(23-14)18-13(22)11-7-17-19-12(11)9-3-5-10(16)6-4-9/h3-6,8,11-12,17,19H,7H2,1-2H3,(H,18,21,22). The van der Waals surface area contributed by atoms with E-state index in [1.165, 1.54) is 23.5 Å². The Morgan fingerprint density at radius 1 is 1.35 bits per heavy atom. The maximum Gasteiger partial charge on any atom is 0.232 e. The largest absolute Gasteiger partial charge is 0.300 e. The van der Waals surface area contributed by atoms with Crippen LogP contribution >= 0.6 is 11.3 Å². The zero-order valence-electron chi connectivity index (χ0n) is 12.8. The average Bonchev–Trinajstić information content (AvgIpc) is 3.16. The molecular weight excluding hydrogens is 317 g/mol. The molecule has 3 N–H and O–H groups in total. The monoisotopic (exact) mass is 335 g/mol. The summed E-state index contributed by atoms with van der Waals surface area (Å²) in [5.74, 6) is -0.467. The molecule has 1 aromatic carbocycles. The van der Waals surface area contributed by atoms with E-state index in [4.69, 9.17) is 0 Å². The number of nitrogens with one attached hydrogen (secondary N) is 3. The highest BCUT2D eigenvalue weighted by atomic mass is 32.1. The summed E-state index contributed by atoms with van der Waals surface area (Å²) in [5.41, 5.74) is 6.91. The molecule has 8 heteroatoms. The highest BCUT2D eigenvalue weighted by Crippen LogP contribution is 2.28. The fourth-order valence-electron chi connectivity index (χ4n) is 2.44. The number of carbonyl (C=O) groups excluding carboxylic acids is 1. The number of nitrogens with zero attached hydrogens (tertiary/aromatic N) is 2. The molecule has 1 amide bonds. The minimum Gasteiger partial charge on any atom is -0.300 e. The van der Waals surface area contributed by atoms with Crippen LogP contribution in [0.2, 0.25) is 0 Å². The molecule has 2 unspecified atom stereocenters. The molecule has 1 aliphatic heterocycles. The molecule has 1 fully saturated rings. The molecule has 0 radical (unpaired) electrons. The van der Waals surface area contributed by atoms with E-state index in [1.54, 1.807) is 12.1 Å². The first kappa shape index (κ1) is 16.0. The fourth-order valence-corrected chi connectivity index (χ4v) is 3.19. The van der Waals surface area contributed by atoms with Gasteiger partial charge in [0.1, 0.15) is 10.8 Å². The van der Waals surface area contributed by atoms with Crippen LogP contribution in [0.15, 0.2) is 24.3 Å². The van der Waals surface area contributed by atoms with E-state index in [9.17, 15) is 9.18 Å². The molecule has 0 bridgehead atoms. The maximum absolute atomic E-state index is 13.1. The lowest BCUT2D eigenvalue weighted by molar-refractivity contribution is -0.119. The first-order valence-electron chi connectivity index (χ1n) is 7.42. The van der Waals surface area contributed by atoms with Crippen molar-refractivity contribution >= 4 is 22.4 Å². The number of benzene rings is 1. The zero-order valence-corrected chi connectivity index (χ0v) is 13.7. The zero-order chi connectivity index (χ0) is 16.4. The van der Waals surface area contributed by atoms with Gasteiger partial charge in [-0.2, -0.15) is 0 Å². The Morgan fingerprint density at radius 2 is 2.09 bits per heavy atom. The summed E-state index contributed by atoms with van der Waals surface area (Å²) in [6, 6.07) is 5.94. The summed E-state index contributed by atoms with van der Waals surface area (Å²) in [7, 11) is 0. The Hall–Kier alpha value is -1.90. The van der Waals surface area contributed by atoms with Crippen molar-refractivity contribution in [3.05, 3.63) is 40.7 Å². The number of aromatic nitrogens is 2. The molecule has 1 aromatic heterocycles. The van der Waals surface area contributed by atoms with E-state index in [0.29, 0.717) is 11.7 Å². The van der Waals surface area contributed by atoms with Gasteiger partial charge in [0.25, 0.3) is 0 Å². The number of carbonyl (C=O) groups is 1. The van der Waals surface area contributed by atoms with Crippen LogP contribution in [0.1, 0.15) is 36.4 Å². The minimum atomic E-state index is -0.313. The van der Waals surface area contributed by atoms with Crippen molar-refractivity contribution < 1.29 is 9.18 Å². The molecule has 6 nitrogen and oxygen atoms in total. The lowest BCUT2D eigenvalue weighted by Gasteiger charge is -2.17. The van der Waals surface area contributed by atoms with Crippen molar-refractivity contribution in [2.45, 2.75) is 25.8 Å². The van der Waals surface area contributed by atoms with Gasteiger partial charge in [-0.25, -0.2) is 9.82 Å². The lowest BCUT2D eigenvalue weighted by Crippen LogP contribution is -2.29. The van der Waals surface area contributed by atoms with E-state index in [1.807, 2.05) is 13.8 Å². The summed E-state index contributed by atoms with van der Waals surface area (Å²) < 4.78 is 13.1. The van der Waals surface area contributed by atoms with Crippen molar-refractivity contribution in [3.63, 3.8) is 0 Å². The van der Waals surface area contributed by atoms with Crippen LogP contribution < -0.4 is 16.2 Å². The van der Waals surface area contributed by atoms with Crippen LogP contribution in [0, 0.1) is 11.7 Å². The molecule has 0 spiro atoms. The van der Waals surface area contributed by atoms with Crippen LogP contribution in [0.4, 0.5) is 9.52 Å². The number of halogens is 1. The summed E-state index contributed by atoms with van der Waals surface area (Å²) in [4.78, 5) is 12.5. The molecule has 2 heterocycles. The average molecular weight is 335 g/mol. The normalized spacial score (nSPS) is 20.9. The number of rotatable bonds is 4. The van der Waals surface area contributed by atoms with Gasteiger partial charge in [0.2, 0.25) is 11.0 Å². The lowest BCUT2D eigenvalue weighted by atomic mass is 9.94. The van der Waals surface area contributed by atoms with Gasteiger partial charge >= 0.3 is 0 Å². The molecule has 1 saturated heterocycles. The van der Waals surface area contributed by atoms with Gasteiger partial charge < -0.3 is 5.32 Å². The van der Waals surface area contributed by atoms with E-state index in [0.717, 1.165) is 10.6 Å². The maximum atomic E-state index is 13.1.